The fourth-order valence-electron chi connectivity index (χ4n) is 11.2. The number of hydrogen-bond acceptors (Lipinski definition) is 1. The normalized spacial score (nSPS) is 15.5. The van der Waals surface area contributed by atoms with Crippen LogP contribution >= 0.6 is 0 Å². The highest BCUT2D eigenvalue weighted by Crippen LogP contribution is 2.58. The lowest BCUT2D eigenvalue weighted by Crippen LogP contribution is -2.50. The van der Waals surface area contributed by atoms with Gasteiger partial charge in [-0.2, -0.15) is 0 Å². The first-order valence-electron chi connectivity index (χ1n) is 21.3. The summed E-state index contributed by atoms with van der Waals surface area (Å²) in [6.07, 6.45) is 0. The highest BCUT2D eigenvalue weighted by atomic mass is 15.2. The van der Waals surface area contributed by atoms with E-state index in [1.807, 2.05) is 0 Å². The van der Waals surface area contributed by atoms with Gasteiger partial charge in [0.25, 0.3) is 0 Å². The van der Waals surface area contributed by atoms with Gasteiger partial charge in [0, 0.05) is 66.3 Å². The van der Waals surface area contributed by atoms with Gasteiger partial charge in [0.05, 0.1) is 11.0 Å². The summed E-state index contributed by atoms with van der Waals surface area (Å²) < 4.78 is 5.25. The molecule has 2 aromatic heterocycles. The van der Waals surface area contributed by atoms with Gasteiger partial charge in [0.1, 0.15) is 0 Å². The fraction of sp³-hybridized carbons (Fsp3) is 0.200. The molecule has 2 aliphatic heterocycles. The maximum Gasteiger partial charge on any atom is 0.333 e. The van der Waals surface area contributed by atoms with Crippen molar-refractivity contribution in [3.8, 4) is 16.8 Å². The van der Waals surface area contributed by atoms with Crippen LogP contribution in [0.5, 0.6) is 0 Å². The Labute approximate surface area is 347 Å². The van der Waals surface area contributed by atoms with Crippen molar-refractivity contribution in [1.29, 1.82) is 0 Å². The molecule has 3 aliphatic rings. The van der Waals surface area contributed by atoms with E-state index in [0.717, 1.165) is 0 Å². The third kappa shape index (κ3) is 4.50. The zero-order valence-electron chi connectivity index (χ0n) is 35.3. The Balaban J connectivity index is 1.31. The Bertz CT molecular complexity index is 3310. The van der Waals surface area contributed by atoms with Gasteiger partial charge >= 0.3 is 6.85 Å². The summed E-state index contributed by atoms with van der Waals surface area (Å²) in [6.45, 7) is 18.9. The van der Waals surface area contributed by atoms with Crippen LogP contribution in [0.1, 0.15) is 77.6 Å². The van der Waals surface area contributed by atoms with Crippen LogP contribution in [-0.4, -0.2) is 15.9 Å². The van der Waals surface area contributed by atoms with Gasteiger partial charge in [-0.25, -0.2) is 0 Å². The Kier molecular flexibility index (Phi) is 6.76. The molecule has 0 radical (unpaired) electrons. The lowest BCUT2D eigenvalue weighted by molar-refractivity contribution is 0.589. The summed E-state index contributed by atoms with van der Waals surface area (Å²) >= 11 is 0. The van der Waals surface area contributed by atoms with Crippen molar-refractivity contribution in [2.24, 2.45) is 0 Å². The molecule has 1 aliphatic carbocycles. The molecule has 0 atom stereocenters. The standard InChI is InChI=1S/C55H48BN3/c1-53(2,3)33-26-28-36(29-27-33)58-46-31-34(54(4,5)6)30-40-41-32-45-47(38-21-13-16-24-43(38)57(45)35-18-10-9-11-19-35)48-39-22-14-17-25-44(39)59(51(41)48)56(49(40)46)50-37-20-12-15-23-42(37)55(7,8)52(50)58/h9-32H,1-8H3. The molecule has 4 heteroatoms. The van der Waals surface area contributed by atoms with Crippen LogP contribution in [0.4, 0.5) is 11.4 Å². The lowest BCUT2D eigenvalue weighted by Gasteiger charge is -2.44. The molecule has 0 bridgehead atoms. The molecular weight excluding hydrogens is 713 g/mol. The molecule has 0 N–H and O–H groups in total. The second-order valence-electron chi connectivity index (χ2n) is 19.8. The lowest BCUT2D eigenvalue weighted by atomic mass is 9.43. The Morgan fingerprint density at radius 3 is 1.85 bits per heavy atom. The van der Waals surface area contributed by atoms with Gasteiger partial charge in [-0.3, -0.25) is 0 Å². The third-order valence-electron chi connectivity index (χ3n) is 13.9. The van der Waals surface area contributed by atoms with Gasteiger partial charge in [-0.15, -0.1) is 0 Å². The summed E-state index contributed by atoms with van der Waals surface area (Å²) in [6, 6.07) is 55.5. The van der Waals surface area contributed by atoms with E-state index in [4.69, 9.17) is 0 Å². The summed E-state index contributed by atoms with van der Waals surface area (Å²) in [7, 11) is 0. The molecule has 12 rings (SSSR count). The van der Waals surface area contributed by atoms with Crippen molar-refractivity contribution in [3.63, 3.8) is 0 Å². The van der Waals surface area contributed by atoms with Crippen LogP contribution in [0, 0.1) is 0 Å². The molecule has 0 unspecified atom stereocenters. The average Bonchev–Trinajstić information content (AvgIpc) is 3.82. The van der Waals surface area contributed by atoms with Crippen molar-refractivity contribution in [2.45, 2.75) is 71.6 Å². The van der Waals surface area contributed by atoms with Crippen LogP contribution in [0.25, 0.3) is 65.9 Å². The number of anilines is 2. The fourth-order valence-corrected chi connectivity index (χ4v) is 11.2. The number of nitrogens with zero attached hydrogens (tertiary/aromatic N) is 3. The molecule has 0 saturated carbocycles. The van der Waals surface area contributed by atoms with Gasteiger partial charge in [-0.1, -0.05) is 152 Å². The second-order valence-corrected chi connectivity index (χ2v) is 19.8. The zero-order chi connectivity index (χ0) is 40.3. The average molecular weight is 762 g/mol. The summed E-state index contributed by atoms with van der Waals surface area (Å²) in [4.78, 5) is 2.67. The van der Waals surface area contributed by atoms with Crippen LogP contribution < -0.4 is 10.4 Å². The first-order chi connectivity index (χ1) is 28.3. The smallest absolute Gasteiger partial charge is 0.333 e. The third-order valence-corrected chi connectivity index (χ3v) is 13.9. The van der Waals surface area contributed by atoms with E-state index in [1.165, 1.54) is 111 Å². The SMILES string of the molecule is CC(C)(C)c1ccc(N2C3=C(B4c5c(cc(C(C)(C)C)cc52)-c2cc5c(c6ccccc6n5-c5ccccc5)c5c6ccccc6n4c25)c2ccccc2C3(C)C)cc1. The van der Waals surface area contributed by atoms with E-state index in [1.54, 1.807) is 0 Å². The first-order valence-corrected chi connectivity index (χ1v) is 21.3. The maximum atomic E-state index is 2.75. The molecule has 286 valence electrons. The number of para-hydroxylation sites is 3. The van der Waals surface area contributed by atoms with E-state index in [2.05, 4.69) is 215 Å². The molecule has 9 aromatic rings. The minimum atomic E-state index is -0.250. The molecule has 3 nitrogen and oxygen atoms in total. The quantitative estimate of drug-likeness (QED) is 0.160. The largest absolute Gasteiger partial charge is 0.375 e. The first kappa shape index (κ1) is 34.8. The van der Waals surface area contributed by atoms with Crippen LogP contribution in [-0.2, 0) is 16.2 Å². The highest BCUT2D eigenvalue weighted by Gasteiger charge is 2.52. The summed E-state index contributed by atoms with van der Waals surface area (Å²) in [5.74, 6) is 0. The van der Waals surface area contributed by atoms with Crippen LogP contribution in [0.2, 0.25) is 0 Å². The monoisotopic (exact) mass is 761 g/mol. The number of hydrogen-bond donors (Lipinski definition) is 0. The van der Waals surface area contributed by atoms with Gasteiger partial charge in [0.15, 0.2) is 0 Å². The van der Waals surface area contributed by atoms with E-state index in [9.17, 15) is 0 Å². The molecule has 0 saturated heterocycles. The molecule has 59 heavy (non-hydrogen) atoms. The summed E-state index contributed by atoms with van der Waals surface area (Å²) in [5.41, 5.74) is 20.8. The number of benzene rings is 7. The Morgan fingerprint density at radius 2 is 1.14 bits per heavy atom. The van der Waals surface area contributed by atoms with Gasteiger partial charge < -0.3 is 13.9 Å². The minimum Gasteiger partial charge on any atom is -0.375 e. The van der Waals surface area contributed by atoms with Crippen LogP contribution in [0.3, 0.4) is 0 Å². The van der Waals surface area contributed by atoms with Gasteiger partial charge in [-0.05, 0) is 98.1 Å². The molecular formula is C55H48BN3. The zero-order valence-corrected chi connectivity index (χ0v) is 35.3. The van der Waals surface area contributed by atoms with E-state index in [0.29, 0.717) is 0 Å². The second kappa shape index (κ2) is 11.5. The molecule has 0 fully saturated rings. The van der Waals surface area contributed by atoms with E-state index in [-0.39, 0.29) is 23.1 Å². The van der Waals surface area contributed by atoms with Crippen LogP contribution in [0.15, 0.2) is 151 Å². The molecule has 4 heterocycles. The topological polar surface area (TPSA) is 13.1 Å². The Morgan fingerprint density at radius 1 is 0.508 bits per heavy atom. The van der Waals surface area contributed by atoms with E-state index >= 15 is 0 Å². The van der Waals surface area contributed by atoms with Crippen molar-refractivity contribution in [2.75, 3.05) is 4.90 Å². The number of rotatable bonds is 2. The molecule has 0 amide bonds. The highest BCUT2D eigenvalue weighted by molar-refractivity contribution is 6.93. The van der Waals surface area contributed by atoms with Gasteiger partial charge in [0.2, 0.25) is 0 Å². The molecule has 7 aromatic carbocycles. The molecule has 0 spiro atoms. The maximum absolute atomic E-state index is 2.75. The summed E-state index contributed by atoms with van der Waals surface area (Å²) in [5, 5.41) is 5.27. The predicted molar refractivity (Wildman–Crippen MR) is 252 cm³/mol. The van der Waals surface area contributed by atoms with Crippen molar-refractivity contribution in [1.82, 2.24) is 9.05 Å². The number of aromatic nitrogens is 2. The Hall–Kier alpha value is -6.26. The number of allylic oxidation sites excluding steroid dienone is 1. The van der Waals surface area contributed by atoms with Crippen molar-refractivity contribution >= 4 is 72.8 Å². The van der Waals surface area contributed by atoms with Crippen molar-refractivity contribution in [3.05, 3.63) is 174 Å². The minimum absolute atomic E-state index is 0.0214. The van der Waals surface area contributed by atoms with E-state index < -0.39 is 0 Å². The van der Waals surface area contributed by atoms with Crippen molar-refractivity contribution < 1.29 is 0 Å². The number of fused-ring (bicyclic) bond motifs is 12. The predicted octanol–water partition coefficient (Wildman–Crippen LogP) is 13.6.